The van der Waals surface area contributed by atoms with Crippen molar-refractivity contribution < 1.29 is 9.59 Å². The fourth-order valence-corrected chi connectivity index (χ4v) is 3.84. The van der Waals surface area contributed by atoms with Gasteiger partial charge in [-0.05, 0) is 51.9 Å². The third-order valence-corrected chi connectivity index (χ3v) is 5.05. The number of likely N-dealkylation sites (tertiary alicyclic amines) is 1. The Balaban J connectivity index is 1.60. The van der Waals surface area contributed by atoms with Crippen LogP contribution in [0.15, 0.2) is 24.3 Å². The molecule has 0 saturated carbocycles. The summed E-state index contributed by atoms with van der Waals surface area (Å²) in [6.07, 6.45) is 3.34. The smallest absolute Gasteiger partial charge is 0.263 e. The molecule has 0 radical (unpaired) electrons. The third-order valence-electron chi connectivity index (χ3n) is 5.05. The Bertz CT molecular complexity index is 825. The number of fused-ring (bicyclic) bond motifs is 3. The number of pyridine rings is 1. The average molecular weight is 323 g/mol. The maximum Gasteiger partial charge on any atom is 0.263 e. The second kappa shape index (κ2) is 5.98. The number of amides is 2. The highest BCUT2D eigenvalue weighted by Gasteiger charge is 2.38. The predicted octanol–water partition coefficient (Wildman–Crippen LogP) is 2.63. The van der Waals surface area contributed by atoms with Gasteiger partial charge in [0, 0.05) is 11.9 Å². The standard InChI is InChI=1S/C19H21N3O2/c1-13-16-17(14-7-2-3-8-15(14)20-13)19(24)22(18(16)23)12-6-11-21-9-4-5-10-21/h2-3,7-8H,4-6,9-12H2,1H3. The van der Waals surface area contributed by atoms with E-state index < -0.39 is 0 Å². The van der Waals surface area contributed by atoms with Crippen molar-refractivity contribution in [2.45, 2.75) is 26.2 Å². The summed E-state index contributed by atoms with van der Waals surface area (Å²) in [7, 11) is 0. The lowest BCUT2D eigenvalue weighted by Crippen LogP contribution is -2.33. The lowest BCUT2D eigenvalue weighted by atomic mass is 10.0. The van der Waals surface area contributed by atoms with E-state index in [1.807, 2.05) is 31.2 Å². The Labute approximate surface area is 141 Å². The predicted molar refractivity (Wildman–Crippen MR) is 92.1 cm³/mol. The fraction of sp³-hybridized carbons (Fsp3) is 0.421. The number of rotatable bonds is 4. The molecule has 5 heteroatoms. The zero-order chi connectivity index (χ0) is 16.7. The van der Waals surface area contributed by atoms with Gasteiger partial charge in [-0.3, -0.25) is 19.5 Å². The topological polar surface area (TPSA) is 53.5 Å². The first kappa shape index (κ1) is 15.3. The van der Waals surface area contributed by atoms with Crippen molar-refractivity contribution in [2.24, 2.45) is 0 Å². The zero-order valence-corrected chi connectivity index (χ0v) is 13.9. The van der Waals surface area contributed by atoms with Crippen molar-refractivity contribution in [3.05, 3.63) is 41.1 Å². The minimum atomic E-state index is -0.188. The largest absolute Gasteiger partial charge is 0.303 e. The first-order chi connectivity index (χ1) is 11.7. The third kappa shape index (κ3) is 2.40. The van der Waals surface area contributed by atoms with E-state index in [9.17, 15) is 9.59 Å². The van der Waals surface area contributed by atoms with Gasteiger partial charge < -0.3 is 4.90 Å². The summed E-state index contributed by atoms with van der Waals surface area (Å²) in [5, 5.41) is 0.776. The minimum absolute atomic E-state index is 0.168. The number of benzene rings is 1. The van der Waals surface area contributed by atoms with E-state index in [0.29, 0.717) is 23.4 Å². The molecular weight excluding hydrogens is 302 g/mol. The van der Waals surface area contributed by atoms with Gasteiger partial charge in [0.2, 0.25) is 0 Å². The van der Waals surface area contributed by atoms with Crippen LogP contribution in [-0.2, 0) is 0 Å². The van der Waals surface area contributed by atoms with Gasteiger partial charge in [-0.15, -0.1) is 0 Å². The Morgan fingerprint density at radius 2 is 1.71 bits per heavy atom. The molecule has 2 aromatic rings. The SMILES string of the molecule is Cc1nc2ccccc2c2c1C(=O)N(CCCN1CCCC1)C2=O. The molecule has 0 spiro atoms. The molecule has 0 unspecified atom stereocenters. The quantitative estimate of drug-likeness (QED) is 0.812. The van der Waals surface area contributed by atoms with Crippen molar-refractivity contribution in [1.29, 1.82) is 0 Å². The Morgan fingerprint density at radius 3 is 2.50 bits per heavy atom. The van der Waals surface area contributed by atoms with Crippen molar-refractivity contribution in [1.82, 2.24) is 14.8 Å². The summed E-state index contributed by atoms with van der Waals surface area (Å²) in [5.41, 5.74) is 2.43. The van der Waals surface area contributed by atoms with Crippen LogP contribution in [0.4, 0.5) is 0 Å². The van der Waals surface area contributed by atoms with Gasteiger partial charge in [0.15, 0.2) is 0 Å². The average Bonchev–Trinajstić information content (AvgIpc) is 3.17. The fourth-order valence-electron chi connectivity index (χ4n) is 3.84. The number of aromatic nitrogens is 1. The molecular formula is C19H21N3O2. The molecule has 24 heavy (non-hydrogen) atoms. The van der Waals surface area contributed by atoms with E-state index in [4.69, 9.17) is 0 Å². The first-order valence-corrected chi connectivity index (χ1v) is 8.64. The lowest BCUT2D eigenvalue weighted by Gasteiger charge is -2.18. The van der Waals surface area contributed by atoms with E-state index >= 15 is 0 Å². The van der Waals surface area contributed by atoms with Crippen LogP contribution in [0.5, 0.6) is 0 Å². The monoisotopic (exact) mass is 323 g/mol. The number of aryl methyl sites for hydroxylation is 1. The van der Waals surface area contributed by atoms with Gasteiger partial charge >= 0.3 is 0 Å². The second-order valence-corrected chi connectivity index (χ2v) is 6.63. The molecule has 124 valence electrons. The minimum Gasteiger partial charge on any atom is -0.303 e. The second-order valence-electron chi connectivity index (χ2n) is 6.63. The van der Waals surface area contributed by atoms with Crippen molar-refractivity contribution in [3.63, 3.8) is 0 Å². The number of hydrogen-bond acceptors (Lipinski definition) is 4. The Morgan fingerprint density at radius 1 is 1.00 bits per heavy atom. The van der Waals surface area contributed by atoms with E-state index in [1.165, 1.54) is 17.7 Å². The molecule has 3 heterocycles. The van der Waals surface area contributed by atoms with Gasteiger partial charge in [0.25, 0.3) is 11.8 Å². The van der Waals surface area contributed by atoms with E-state index in [1.54, 1.807) is 0 Å². The molecule has 2 aliphatic rings. The number of carbonyl (C=O) groups is 2. The summed E-state index contributed by atoms with van der Waals surface area (Å²) in [5.74, 6) is -0.356. The van der Waals surface area contributed by atoms with Crippen molar-refractivity contribution in [2.75, 3.05) is 26.2 Å². The highest BCUT2D eigenvalue weighted by Crippen LogP contribution is 2.31. The molecule has 0 atom stereocenters. The summed E-state index contributed by atoms with van der Waals surface area (Å²) in [4.78, 5) is 33.9. The summed E-state index contributed by atoms with van der Waals surface area (Å²) in [6.45, 7) is 5.51. The van der Waals surface area contributed by atoms with E-state index in [-0.39, 0.29) is 11.8 Å². The van der Waals surface area contributed by atoms with Crippen molar-refractivity contribution >= 4 is 22.7 Å². The highest BCUT2D eigenvalue weighted by atomic mass is 16.2. The number of imide groups is 1. The van der Waals surface area contributed by atoms with E-state index in [2.05, 4.69) is 9.88 Å². The van der Waals surface area contributed by atoms with Gasteiger partial charge in [0.05, 0.1) is 22.3 Å². The molecule has 4 rings (SSSR count). The van der Waals surface area contributed by atoms with Crippen LogP contribution in [0.2, 0.25) is 0 Å². The normalized spacial score (nSPS) is 18.0. The zero-order valence-electron chi connectivity index (χ0n) is 13.9. The van der Waals surface area contributed by atoms with Crippen LogP contribution in [0.25, 0.3) is 10.9 Å². The maximum atomic E-state index is 12.9. The van der Waals surface area contributed by atoms with Gasteiger partial charge in [0.1, 0.15) is 0 Å². The number of hydrogen-bond donors (Lipinski definition) is 0. The van der Waals surface area contributed by atoms with Gasteiger partial charge in [-0.25, -0.2) is 0 Å². The molecule has 1 saturated heterocycles. The molecule has 2 aliphatic heterocycles. The molecule has 0 aliphatic carbocycles. The molecule has 2 amide bonds. The summed E-state index contributed by atoms with van der Waals surface area (Å²) in [6, 6.07) is 7.54. The number of para-hydroxylation sites is 1. The molecule has 1 aromatic carbocycles. The Kier molecular flexibility index (Phi) is 3.81. The van der Waals surface area contributed by atoms with Crippen LogP contribution in [0.3, 0.4) is 0 Å². The van der Waals surface area contributed by atoms with Crippen LogP contribution in [0.1, 0.15) is 45.7 Å². The molecule has 5 nitrogen and oxygen atoms in total. The van der Waals surface area contributed by atoms with Crippen molar-refractivity contribution in [3.8, 4) is 0 Å². The van der Waals surface area contributed by atoms with Gasteiger partial charge in [-0.1, -0.05) is 18.2 Å². The molecule has 0 N–H and O–H groups in total. The molecule has 1 fully saturated rings. The highest BCUT2D eigenvalue weighted by molar-refractivity contribution is 6.26. The van der Waals surface area contributed by atoms with Crippen LogP contribution < -0.4 is 0 Å². The number of nitrogens with zero attached hydrogens (tertiary/aromatic N) is 3. The van der Waals surface area contributed by atoms with Crippen LogP contribution in [-0.4, -0.2) is 52.8 Å². The molecule has 1 aromatic heterocycles. The Hall–Kier alpha value is -2.27. The summed E-state index contributed by atoms with van der Waals surface area (Å²) >= 11 is 0. The van der Waals surface area contributed by atoms with Crippen LogP contribution in [0, 0.1) is 6.92 Å². The van der Waals surface area contributed by atoms with Crippen LogP contribution >= 0.6 is 0 Å². The van der Waals surface area contributed by atoms with E-state index in [0.717, 1.165) is 37.0 Å². The first-order valence-electron chi connectivity index (χ1n) is 8.64. The molecule has 0 bridgehead atoms. The number of carbonyl (C=O) groups excluding carboxylic acids is 2. The lowest BCUT2D eigenvalue weighted by molar-refractivity contribution is 0.0649. The van der Waals surface area contributed by atoms with Gasteiger partial charge in [-0.2, -0.15) is 0 Å². The maximum absolute atomic E-state index is 12.9. The summed E-state index contributed by atoms with van der Waals surface area (Å²) < 4.78 is 0.